The molecule has 1 atom stereocenters. The largest absolute Gasteiger partial charge is 0.354 e. The monoisotopic (exact) mass is 430 g/mol. The second-order valence-electron chi connectivity index (χ2n) is 7.47. The van der Waals surface area contributed by atoms with Crippen LogP contribution in [0.5, 0.6) is 0 Å². The Morgan fingerprint density at radius 2 is 1.77 bits per heavy atom. The normalized spacial score (nSPS) is 15.3. The van der Waals surface area contributed by atoms with Crippen LogP contribution in [0.1, 0.15) is 37.7 Å². The zero-order chi connectivity index (χ0) is 21.4. The van der Waals surface area contributed by atoms with Gasteiger partial charge in [0.25, 0.3) is 0 Å². The molecule has 30 heavy (non-hydrogen) atoms. The van der Waals surface area contributed by atoms with E-state index in [0.29, 0.717) is 6.54 Å². The minimum Gasteiger partial charge on any atom is -0.354 e. The molecule has 160 valence electrons. The van der Waals surface area contributed by atoms with Gasteiger partial charge in [-0.25, -0.2) is 12.8 Å². The Labute approximate surface area is 177 Å². The smallest absolute Gasteiger partial charge is 0.241 e. The van der Waals surface area contributed by atoms with Crippen molar-refractivity contribution in [2.75, 3.05) is 6.54 Å². The van der Waals surface area contributed by atoms with E-state index in [2.05, 4.69) is 16.1 Å². The Morgan fingerprint density at radius 3 is 2.43 bits per heavy atom. The molecule has 0 bridgehead atoms. The Morgan fingerprint density at radius 1 is 1.03 bits per heavy atom. The minimum absolute atomic E-state index is 0.0814. The van der Waals surface area contributed by atoms with Gasteiger partial charge in [0.05, 0.1) is 4.90 Å². The van der Waals surface area contributed by atoms with E-state index in [1.54, 1.807) is 0 Å². The predicted octanol–water partition coefficient (Wildman–Crippen LogP) is 3.72. The van der Waals surface area contributed by atoms with E-state index in [9.17, 15) is 17.6 Å². The first-order valence-electron chi connectivity index (χ1n) is 10.2. The van der Waals surface area contributed by atoms with Gasteiger partial charge >= 0.3 is 0 Å². The summed E-state index contributed by atoms with van der Waals surface area (Å²) in [5.74, 6) is -0.898. The molecule has 0 fully saturated rings. The van der Waals surface area contributed by atoms with E-state index in [1.807, 2.05) is 30.3 Å². The van der Waals surface area contributed by atoms with Crippen LogP contribution in [0.15, 0.2) is 71.1 Å². The van der Waals surface area contributed by atoms with E-state index in [4.69, 9.17) is 0 Å². The SMILES string of the molecule is O=C(NCCC1=CCCCC1)C(Cc1ccccc1)NS(=O)(=O)c1ccc(F)cc1. The first-order chi connectivity index (χ1) is 14.4. The number of benzene rings is 2. The number of rotatable bonds is 9. The van der Waals surface area contributed by atoms with Gasteiger partial charge in [-0.2, -0.15) is 4.72 Å². The molecule has 0 aliphatic heterocycles. The number of allylic oxidation sites excluding steroid dienone is 1. The number of carbonyl (C=O) groups excluding carboxylic acids is 1. The first-order valence-corrected chi connectivity index (χ1v) is 11.7. The van der Waals surface area contributed by atoms with Crippen LogP contribution in [-0.4, -0.2) is 26.9 Å². The third-order valence-electron chi connectivity index (χ3n) is 5.15. The van der Waals surface area contributed by atoms with Gasteiger partial charge in [-0.1, -0.05) is 42.0 Å². The fraction of sp³-hybridized carbons (Fsp3) is 0.348. The van der Waals surface area contributed by atoms with E-state index in [0.717, 1.165) is 37.0 Å². The molecule has 1 aliphatic rings. The molecule has 1 unspecified atom stereocenters. The Hall–Kier alpha value is -2.51. The molecule has 3 rings (SSSR count). The highest BCUT2D eigenvalue weighted by molar-refractivity contribution is 7.89. The van der Waals surface area contributed by atoms with Gasteiger partial charge in [-0.05, 0) is 68.4 Å². The predicted molar refractivity (Wildman–Crippen MR) is 115 cm³/mol. The Bertz CT molecular complexity index is 973. The number of nitrogens with one attached hydrogen (secondary N) is 2. The Balaban J connectivity index is 1.69. The molecule has 0 saturated heterocycles. The fourth-order valence-corrected chi connectivity index (χ4v) is 4.70. The van der Waals surface area contributed by atoms with Crippen molar-refractivity contribution >= 4 is 15.9 Å². The molecule has 1 amide bonds. The molecule has 2 aromatic carbocycles. The standard InChI is InChI=1S/C23H27FN2O3S/c24-20-11-13-21(14-12-20)30(28,29)26-22(17-19-9-5-2-6-10-19)23(27)25-16-15-18-7-3-1-4-8-18/h2,5-7,9-14,22,26H,1,3-4,8,15-17H2,(H,25,27). The van der Waals surface area contributed by atoms with Crippen molar-refractivity contribution in [1.29, 1.82) is 0 Å². The second kappa shape index (κ2) is 10.5. The molecule has 0 heterocycles. The molecule has 0 spiro atoms. The summed E-state index contributed by atoms with van der Waals surface area (Å²) in [4.78, 5) is 12.8. The molecule has 7 heteroatoms. The van der Waals surface area contributed by atoms with Crippen molar-refractivity contribution < 1.29 is 17.6 Å². The highest BCUT2D eigenvalue weighted by Gasteiger charge is 2.26. The van der Waals surface area contributed by atoms with E-state index in [-0.39, 0.29) is 17.2 Å². The van der Waals surface area contributed by atoms with E-state index >= 15 is 0 Å². The zero-order valence-electron chi connectivity index (χ0n) is 16.8. The minimum atomic E-state index is -3.98. The maximum absolute atomic E-state index is 13.2. The fourth-order valence-electron chi connectivity index (χ4n) is 3.51. The summed E-state index contributed by atoms with van der Waals surface area (Å²) in [5.41, 5.74) is 2.18. The molecule has 2 aromatic rings. The number of amides is 1. The van der Waals surface area contributed by atoms with Crippen LogP contribution in [0.4, 0.5) is 4.39 Å². The Kier molecular flexibility index (Phi) is 7.76. The topological polar surface area (TPSA) is 75.3 Å². The highest BCUT2D eigenvalue weighted by Crippen LogP contribution is 2.19. The van der Waals surface area contributed by atoms with Crippen molar-refractivity contribution in [1.82, 2.24) is 10.0 Å². The van der Waals surface area contributed by atoms with Gasteiger partial charge in [-0.15, -0.1) is 0 Å². The number of halogens is 1. The molecule has 0 aromatic heterocycles. The van der Waals surface area contributed by atoms with Gasteiger partial charge in [0, 0.05) is 6.54 Å². The molecular formula is C23H27FN2O3S. The number of carbonyl (C=O) groups is 1. The van der Waals surface area contributed by atoms with Crippen molar-refractivity contribution in [3.63, 3.8) is 0 Å². The van der Waals surface area contributed by atoms with Gasteiger partial charge < -0.3 is 5.32 Å². The summed E-state index contributed by atoms with van der Waals surface area (Å²) in [6.07, 6.45) is 7.74. The van der Waals surface area contributed by atoms with Crippen LogP contribution < -0.4 is 10.0 Å². The quantitative estimate of drug-likeness (QED) is 0.596. The van der Waals surface area contributed by atoms with Crippen LogP contribution in [0, 0.1) is 5.82 Å². The van der Waals surface area contributed by atoms with Crippen LogP contribution in [0.3, 0.4) is 0 Å². The molecule has 1 aliphatic carbocycles. The number of hydrogen-bond acceptors (Lipinski definition) is 3. The van der Waals surface area contributed by atoms with Crippen molar-refractivity contribution in [3.05, 3.63) is 77.6 Å². The molecule has 0 radical (unpaired) electrons. The van der Waals surface area contributed by atoms with E-state index in [1.165, 1.54) is 30.5 Å². The summed E-state index contributed by atoms with van der Waals surface area (Å²) in [7, 11) is -3.98. The number of hydrogen-bond donors (Lipinski definition) is 2. The summed E-state index contributed by atoms with van der Waals surface area (Å²) >= 11 is 0. The lowest BCUT2D eigenvalue weighted by Crippen LogP contribution is -2.48. The second-order valence-corrected chi connectivity index (χ2v) is 9.18. The van der Waals surface area contributed by atoms with Crippen LogP contribution >= 0.6 is 0 Å². The van der Waals surface area contributed by atoms with Crippen molar-refractivity contribution in [3.8, 4) is 0 Å². The zero-order valence-corrected chi connectivity index (χ0v) is 17.6. The average molecular weight is 431 g/mol. The maximum atomic E-state index is 13.2. The van der Waals surface area contributed by atoms with E-state index < -0.39 is 21.9 Å². The number of sulfonamides is 1. The lowest BCUT2D eigenvalue weighted by atomic mass is 9.97. The van der Waals surface area contributed by atoms with Crippen molar-refractivity contribution in [2.45, 2.75) is 49.5 Å². The molecular weight excluding hydrogens is 403 g/mol. The maximum Gasteiger partial charge on any atom is 0.241 e. The lowest BCUT2D eigenvalue weighted by molar-refractivity contribution is -0.122. The average Bonchev–Trinajstić information content (AvgIpc) is 2.75. The summed E-state index contributed by atoms with van der Waals surface area (Å²) in [6, 6.07) is 12.8. The van der Waals surface area contributed by atoms with Crippen LogP contribution in [0.2, 0.25) is 0 Å². The van der Waals surface area contributed by atoms with Gasteiger partial charge in [0.1, 0.15) is 11.9 Å². The summed E-state index contributed by atoms with van der Waals surface area (Å²) < 4.78 is 41.1. The third kappa shape index (κ3) is 6.50. The van der Waals surface area contributed by atoms with Crippen LogP contribution in [0.25, 0.3) is 0 Å². The van der Waals surface area contributed by atoms with Crippen LogP contribution in [-0.2, 0) is 21.2 Å². The summed E-state index contributed by atoms with van der Waals surface area (Å²) in [5, 5.41) is 2.87. The highest BCUT2D eigenvalue weighted by atomic mass is 32.2. The third-order valence-corrected chi connectivity index (χ3v) is 6.64. The summed E-state index contributed by atoms with van der Waals surface area (Å²) in [6.45, 7) is 0.467. The van der Waals surface area contributed by atoms with Gasteiger partial charge in [0.15, 0.2) is 0 Å². The molecule has 5 nitrogen and oxygen atoms in total. The first kappa shape index (κ1) is 22.2. The lowest BCUT2D eigenvalue weighted by Gasteiger charge is -2.19. The van der Waals surface area contributed by atoms with Gasteiger partial charge in [-0.3, -0.25) is 4.79 Å². The molecule has 2 N–H and O–H groups in total. The van der Waals surface area contributed by atoms with Crippen molar-refractivity contribution in [2.24, 2.45) is 0 Å². The molecule has 0 saturated carbocycles. The van der Waals surface area contributed by atoms with Gasteiger partial charge in [0.2, 0.25) is 15.9 Å².